The van der Waals surface area contributed by atoms with Crippen molar-refractivity contribution >= 4 is 1400 Å². The number of fused-ring (bicyclic) bond motifs is 2. The van der Waals surface area contributed by atoms with Gasteiger partial charge in [0.1, 0.15) is 21.4 Å². The van der Waals surface area contributed by atoms with Crippen LogP contribution in [0.15, 0.2) is 33.2 Å². The molecule has 870 valence electrons. The fourth-order valence-corrected chi connectivity index (χ4v) is 17800. The zero-order valence-electron chi connectivity index (χ0n) is 55.4. The number of esters is 2. The number of benzene rings is 2. The molecule has 4 rings (SSSR count). The van der Waals surface area contributed by atoms with Crippen molar-refractivity contribution in [2.45, 2.75) is 19.2 Å². The van der Waals surface area contributed by atoms with Crippen LogP contribution in [0, 0.1) is 11.6 Å². The van der Waals surface area contributed by atoms with Crippen molar-refractivity contribution in [1.82, 2.24) is 0 Å². The van der Waals surface area contributed by atoms with Crippen molar-refractivity contribution in [1.29, 1.82) is 0 Å². The molecule has 0 aliphatic rings. The second kappa shape index (κ2) is 117. The van der Waals surface area contributed by atoms with E-state index in [-0.39, 0.29) is 27.6 Å². The summed E-state index contributed by atoms with van der Waals surface area (Å²) in [5, 5.41) is 1.63. The third-order valence-electron chi connectivity index (χ3n) is 8.42. The standard InChI is InChI=1S/C12H9Br2FO2S.C12H8BrFO3S.I49.I48/c1-2-17-12(16)10-6(5-13)9-7(14)3-4-8(15)11(9)18-10;1-2-17-12(16)10-6(5-15)9-7(13)3-4-8(14)11(9)18-10;1-26-28(4)30(6)32(8)34(10)36(12)38(14)40(16)42(18)44(20)46(22)48(24)49(25)47(23)45(21)43(19)41(17)39(15)37(13)35(11)33(9)31(7)29(5)27(2)3;1-26(2)28(5)30(7)32(9)34(11)36(13)38(15)40(17)42(19)44(21)46(23)48(25)47(24)45(22)43(20)41(18)39(16)37(14)35(12)33(10)31(8)29(6)27(3)4/h3-4H,2,5H2,1H3;3-5H,2H2,1H3;;/q;;-1;. The van der Waals surface area contributed by atoms with Crippen LogP contribution in [0.2, 0.25) is 0 Å². The van der Waals surface area contributed by atoms with E-state index < -0.39 is 381 Å². The molecule has 2 aromatic heterocycles. The van der Waals surface area contributed by atoms with Gasteiger partial charge in [0, 0.05) is 30.6 Å². The monoisotopic (exact) mass is 13000 g/mol. The molecule has 0 radical (unpaired) electrons. The summed E-state index contributed by atoms with van der Waals surface area (Å²) in [5.41, 5.74) is 0.930. The van der Waals surface area contributed by atoms with E-state index in [1.807, 2.05) is 0 Å². The predicted molar refractivity (Wildman–Crippen MR) is 1490 cm³/mol. The van der Waals surface area contributed by atoms with Gasteiger partial charge in [-0.15, -0.1) is 22.7 Å². The van der Waals surface area contributed by atoms with Crippen molar-refractivity contribution in [3.63, 3.8) is 0 Å². The van der Waals surface area contributed by atoms with Gasteiger partial charge in [-0.25, -0.2) is 18.4 Å². The Morgan fingerprint density at radius 3 is 0.654 bits per heavy atom. The van der Waals surface area contributed by atoms with Crippen molar-refractivity contribution in [2.75, 3.05) is 13.2 Å². The zero-order chi connectivity index (χ0) is 104. The molecule has 2 heterocycles. The number of rotatable bonds is 51. The number of hydrogen-bond acceptors (Lipinski definition) is 7. The summed E-state index contributed by atoms with van der Waals surface area (Å²) in [5.74, 6) is -1.79. The Morgan fingerprint density at radius 2 is 0.474 bits per heavy atom. The van der Waals surface area contributed by atoms with E-state index in [0.29, 0.717) is 50.9 Å². The van der Waals surface area contributed by atoms with E-state index in [4.69, 9.17) is 9.47 Å². The molecule has 4 aromatic rings. The van der Waals surface area contributed by atoms with Crippen molar-refractivity contribution in [2.24, 2.45) is 0 Å². The number of ether oxygens (including phenoxy) is 2. The summed E-state index contributed by atoms with van der Waals surface area (Å²) in [7, 11) is -24.2. The second-order valence-electron chi connectivity index (χ2n) is 14.4. The van der Waals surface area contributed by atoms with Gasteiger partial charge < -0.3 is 9.47 Å². The van der Waals surface area contributed by atoms with Crippen LogP contribution in [0.1, 0.15) is 49.1 Å². The molecular weight excluding hydrogens is 13000 g/mol. The van der Waals surface area contributed by atoms with Crippen LogP contribution < -0.4 is 13.3 Å². The van der Waals surface area contributed by atoms with E-state index >= 15 is 0 Å². The van der Waals surface area contributed by atoms with E-state index in [2.05, 4.69) is 979 Å². The van der Waals surface area contributed by atoms with Gasteiger partial charge in [0.05, 0.1) is 22.6 Å². The zero-order valence-corrected chi connectivity index (χ0v) is 271. The van der Waals surface area contributed by atoms with E-state index in [9.17, 15) is 23.2 Å². The van der Waals surface area contributed by atoms with Gasteiger partial charge in [-0.05, 0) is 43.7 Å². The Hall–Kier alpha value is 69.1. The van der Waals surface area contributed by atoms with Crippen molar-refractivity contribution in [3.8, 4) is 0 Å². The van der Waals surface area contributed by atoms with Crippen LogP contribution in [-0.2, 0) is 14.8 Å². The number of alkyl halides is 1. The molecule has 0 spiro atoms. The number of thiophene rings is 2. The molecule has 0 saturated carbocycles. The first kappa shape index (κ1) is 200. The number of halogens is 102. The molecule has 5 nitrogen and oxygen atoms in total. The quantitative estimate of drug-likeness (QED) is 0.0191. The van der Waals surface area contributed by atoms with Gasteiger partial charge in [-0.3, -0.25) is 4.79 Å². The summed E-state index contributed by atoms with van der Waals surface area (Å²) < 4.78 is 39.4. The Morgan fingerprint density at radius 1 is 0.301 bits per heavy atom. The average molecular weight is 13000 g/mol. The molecule has 0 fully saturated rings. The maximum atomic E-state index is 13.8. The fraction of sp³-hybridized carbons (Fsp3) is 0.208. The molecule has 0 aliphatic carbocycles. The first-order valence-electron chi connectivity index (χ1n) is 23.9. The predicted octanol–water partition coefficient (Wildman–Crippen LogP) is 90.7. The molecule has 0 saturated heterocycles. The summed E-state index contributed by atoms with van der Waals surface area (Å²) >= 11 is 176. The molecule has 109 heteroatoms. The molecule has 0 atom stereocenters. The summed E-state index contributed by atoms with van der Waals surface area (Å²) in [6.45, 7) is 3.92. The molecule has 0 unspecified atom stereocenters. The van der Waals surface area contributed by atoms with E-state index in [1.54, 1.807) is 19.9 Å². The van der Waals surface area contributed by atoms with Crippen LogP contribution in [-0.4, -0.2) is 31.4 Å². The Balaban J connectivity index is 0.000000967. The molecular formula is C24H17Br3F2I97O5S2-. The average Bonchev–Trinajstić information content (AvgIpc) is 1.62. The third kappa shape index (κ3) is 76.3. The normalized spacial score (nSPS) is 16.6. The number of hydrogen-bond donors (Lipinski definition) is 0. The molecule has 0 bridgehead atoms. The summed E-state index contributed by atoms with van der Waals surface area (Å²) in [6, 6.07) is 5.82. The fourth-order valence-electron chi connectivity index (χ4n) is 4.61. The van der Waals surface area contributed by atoms with Crippen LogP contribution in [0.3, 0.4) is 0 Å². The van der Waals surface area contributed by atoms with Gasteiger partial charge in [0.2, 0.25) is 0 Å². The Labute approximate surface area is 1460 Å². The van der Waals surface area contributed by atoms with Crippen LogP contribution in [0.4, 0.5) is 8.78 Å². The first-order valence-corrected chi connectivity index (χ1v) is 625. The Kier molecular flexibility index (Phi) is 176. The van der Waals surface area contributed by atoms with E-state index in [0.717, 1.165) is 38.1 Å². The topological polar surface area (TPSA) is 69.7 Å². The van der Waals surface area contributed by atoms with Gasteiger partial charge in [0.15, 0.2) is 6.29 Å². The second-order valence-corrected chi connectivity index (χ2v) is 2280. The molecule has 2 aromatic carbocycles. The Bertz CT molecular complexity index is 3980. The number of aldehydes is 1. The van der Waals surface area contributed by atoms with Gasteiger partial charge in [-0.2, -0.15) is 0 Å². The minimum absolute atomic E-state index is 0.132. The SMILES string of the molecule is CCOC(=O)c1sc2c(F)ccc(Br)c2c1C=O.CCOC(=O)c1sc2c(F)ccc(Br)c2c1CBr.II(I)I(I)I(I)I(I)I(I)I(I)I(I)I(I)I(I)I(I)I(I)I(I)I(I)I(I)I(I)I(I)I(I)I(I)I(I)I(I)I(I)I(I)I(I)I.I[I-]I(I)I(I)I(I)I(I)I(I)I(I)I(I)I(I)I(I)I(I)I(I)I(I)I(I)I(I)I(I)I(I)I(I)I(I)I(I)I(I)I(I)I(I)I(I)I. The van der Waals surface area contributed by atoms with Crippen molar-refractivity contribution < 1.29 is 45.9 Å². The van der Waals surface area contributed by atoms with Crippen LogP contribution >= 0.6 is 1360 Å². The molecule has 0 aliphatic heterocycles. The van der Waals surface area contributed by atoms with Gasteiger partial charge >= 0.3 is 1320 Å². The third-order valence-corrected chi connectivity index (χ3v) is 7370. The molecule has 0 amide bonds. The molecule has 133 heavy (non-hydrogen) atoms. The van der Waals surface area contributed by atoms with Crippen molar-refractivity contribution in [3.05, 3.63) is 65.7 Å². The molecule has 0 N–H and O–H groups in total. The van der Waals surface area contributed by atoms with Gasteiger partial charge in [-0.1, -0.05) is 47.8 Å². The van der Waals surface area contributed by atoms with Gasteiger partial charge in [0.25, 0.3) is 0 Å². The number of carbonyl (C=O) groups excluding carboxylic acids is 3. The minimum atomic E-state index is -0.605. The number of carbonyl (C=O) groups is 3. The first-order chi connectivity index (χ1) is 61.3. The summed E-state index contributed by atoms with van der Waals surface area (Å²) in [4.78, 5) is 35.3. The summed E-state index contributed by atoms with van der Waals surface area (Å²) in [6.07, 6.45) is 0.551. The van der Waals surface area contributed by atoms with E-state index in [1.165, 1.54) is 18.2 Å². The maximum absolute atomic E-state index is 13.8. The van der Waals surface area contributed by atoms with Crippen LogP contribution in [0.5, 0.6) is 0 Å². The van der Waals surface area contributed by atoms with Crippen LogP contribution in [0.25, 0.3) is 20.2 Å².